The van der Waals surface area contributed by atoms with Crippen LogP contribution in [0.3, 0.4) is 0 Å². The summed E-state index contributed by atoms with van der Waals surface area (Å²) in [6, 6.07) is 9.75. The minimum absolute atomic E-state index is 0.0256. The van der Waals surface area contributed by atoms with E-state index in [0.29, 0.717) is 29.5 Å². The summed E-state index contributed by atoms with van der Waals surface area (Å²) in [5.41, 5.74) is 0.519. The number of sulfonamides is 1. The molecule has 0 aliphatic carbocycles. The molecule has 1 saturated heterocycles. The normalized spacial score (nSPS) is 15.3. The third-order valence-corrected chi connectivity index (χ3v) is 6.66. The van der Waals surface area contributed by atoms with E-state index in [-0.39, 0.29) is 24.0 Å². The summed E-state index contributed by atoms with van der Waals surface area (Å²) in [6.07, 6.45) is 4.36. The van der Waals surface area contributed by atoms with E-state index in [1.54, 1.807) is 30.5 Å². The van der Waals surface area contributed by atoms with E-state index in [1.807, 2.05) is 0 Å². The Bertz CT molecular complexity index is 916. The molecule has 3 rings (SSSR count). The average Bonchev–Trinajstić information content (AvgIpc) is 2.70. The van der Waals surface area contributed by atoms with Crippen molar-refractivity contribution in [1.82, 2.24) is 9.29 Å². The fourth-order valence-corrected chi connectivity index (χ4v) is 4.69. The van der Waals surface area contributed by atoms with Crippen LogP contribution in [0.5, 0.6) is 0 Å². The van der Waals surface area contributed by atoms with Crippen LogP contribution in [-0.2, 0) is 26.2 Å². The minimum Gasteiger partial charge on any atom is -0.367 e. The second-order valence-electron chi connectivity index (χ2n) is 6.47. The van der Waals surface area contributed by atoms with Gasteiger partial charge in [-0.15, -0.1) is 0 Å². The minimum atomic E-state index is -3.55. The maximum Gasteiger partial charge on any atom is 0.251 e. The second kappa shape index (κ2) is 9.47. The summed E-state index contributed by atoms with van der Waals surface area (Å²) in [5.74, 6) is 0.0793. The predicted octanol–water partition coefficient (Wildman–Crippen LogP) is 3.06. The Balaban J connectivity index is 1.61. The molecular formula is C19H22ClN3O4S. The van der Waals surface area contributed by atoms with Gasteiger partial charge in [-0.1, -0.05) is 24.1 Å². The summed E-state index contributed by atoms with van der Waals surface area (Å²) in [6.45, 7) is 0.892. The first-order chi connectivity index (χ1) is 13.5. The van der Waals surface area contributed by atoms with E-state index in [1.165, 1.54) is 16.4 Å². The van der Waals surface area contributed by atoms with E-state index < -0.39 is 10.0 Å². The highest BCUT2D eigenvalue weighted by Crippen LogP contribution is 2.25. The Labute approximate surface area is 169 Å². The van der Waals surface area contributed by atoms with Crippen molar-refractivity contribution in [3.63, 3.8) is 0 Å². The molecule has 0 saturated carbocycles. The standard InChI is InChI=1S/C19H22ClN3O4S/c20-17-8-7-16(28(25,26)23-10-4-1-5-11-23)12-15(17)13-27-14-19(24)22-18-6-2-3-9-21-18/h2-3,6-9,12H,1,4-5,10-11,13-14H2,(H,21,22,24). The lowest BCUT2D eigenvalue weighted by Crippen LogP contribution is -2.35. The van der Waals surface area contributed by atoms with Crippen LogP contribution >= 0.6 is 11.6 Å². The Morgan fingerprint density at radius 1 is 1.18 bits per heavy atom. The first-order valence-corrected chi connectivity index (χ1v) is 10.9. The Morgan fingerprint density at radius 2 is 1.96 bits per heavy atom. The number of amides is 1. The van der Waals surface area contributed by atoms with Gasteiger partial charge in [0, 0.05) is 24.3 Å². The molecule has 150 valence electrons. The summed E-state index contributed by atoms with van der Waals surface area (Å²) < 4.78 is 32.5. The van der Waals surface area contributed by atoms with Crippen molar-refractivity contribution in [2.45, 2.75) is 30.8 Å². The molecule has 1 aliphatic heterocycles. The molecule has 0 atom stereocenters. The lowest BCUT2D eigenvalue weighted by atomic mass is 10.2. The Morgan fingerprint density at radius 3 is 2.68 bits per heavy atom. The lowest BCUT2D eigenvalue weighted by molar-refractivity contribution is -0.121. The van der Waals surface area contributed by atoms with Crippen LogP contribution in [0.15, 0.2) is 47.5 Å². The van der Waals surface area contributed by atoms with Crippen LogP contribution in [0.25, 0.3) is 0 Å². The smallest absolute Gasteiger partial charge is 0.251 e. The molecule has 0 unspecified atom stereocenters. The molecule has 2 heterocycles. The number of rotatable bonds is 7. The van der Waals surface area contributed by atoms with Crippen molar-refractivity contribution in [3.8, 4) is 0 Å². The number of piperidine rings is 1. The van der Waals surface area contributed by atoms with Crippen LogP contribution in [0.4, 0.5) is 5.82 Å². The number of hydrogen-bond donors (Lipinski definition) is 1. The number of carbonyl (C=O) groups is 1. The Kier molecular flexibility index (Phi) is 7.01. The number of nitrogens with one attached hydrogen (secondary N) is 1. The second-order valence-corrected chi connectivity index (χ2v) is 8.82. The first-order valence-electron chi connectivity index (χ1n) is 9.04. The van der Waals surface area contributed by atoms with E-state index in [0.717, 1.165) is 19.3 Å². The molecule has 1 fully saturated rings. The molecule has 0 radical (unpaired) electrons. The fraction of sp³-hybridized carbons (Fsp3) is 0.368. The van der Waals surface area contributed by atoms with E-state index in [4.69, 9.17) is 16.3 Å². The zero-order valence-electron chi connectivity index (χ0n) is 15.3. The molecule has 9 heteroatoms. The summed E-state index contributed by atoms with van der Waals surface area (Å²) in [4.78, 5) is 16.1. The van der Waals surface area contributed by atoms with Gasteiger partial charge in [-0.25, -0.2) is 13.4 Å². The molecule has 28 heavy (non-hydrogen) atoms. The highest BCUT2D eigenvalue weighted by Gasteiger charge is 2.26. The molecule has 1 amide bonds. The summed E-state index contributed by atoms with van der Waals surface area (Å²) in [7, 11) is -3.55. The third kappa shape index (κ3) is 5.29. The molecule has 2 aromatic rings. The van der Waals surface area contributed by atoms with Crippen molar-refractivity contribution in [2.75, 3.05) is 25.0 Å². The van der Waals surface area contributed by atoms with Gasteiger partial charge in [0.1, 0.15) is 12.4 Å². The van der Waals surface area contributed by atoms with Gasteiger partial charge in [0.05, 0.1) is 11.5 Å². The van der Waals surface area contributed by atoms with E-state index >= 15 is 0 Å². The largest absolute Gasteiger partial charge is 0.367 e. The molecule has 0 bridgehead atoms. The van der Waals surface area contributed by atoms with Crippen molar-refractivity contribution in [2.24, 2.45) is 0 Å². The monoisotopic (exact) mass is 423 g/mol. The quantitative estimate of drug-likeness (QED) is 0.739. The summed E-state index contributed by atoms with van der Waals surface area (Å²) in [5, 5.41) is 3.00. The number of anilines is 1. The van der Waals surface area contributed by atoms with Gasteiger partial charge in [-0.05, 0) is 48.7 Å². The van der Waals surface area contributed by atoms with Gasteiger partial charge < -0.3 is 10.1 Å². The lowest BCUT2D eigenvalue weighted by Gasteiger charge is -2.26. The highest BCUT2D eigenvalue weighted by molar-refractivity contribution is 7.89. The van der Waals surface area contributed by atoms with Gasteiger partial charge in [-0.3, -0.25) is 4.79 Å². The van der Waals surface area contributed by atoms with Gasteiger partial charge >= 0.3 is 0 Å². The SMILES string of the molecule is O=C(COCc1cc(S(=O)(=O)N2CCCCC2)ccc1Cl)Nc1ccccn1. The predicted molar refractivity (Wildman–Crippen MR) is 107 cm³/mol. The Hall–Kier alpha value is -2.00. The molecule has 7 nitrogen and oxygen atoms in total. The number of hydrogen-bond acceptors (Lipinski definition) is 5. The first kappa shape index (κ1) is 20.7. The molecule has 0 spiro atoms. The van der Waals surface area contributed by atoms with E-state index in [9.17, 15) is 13.2 Å². The number of pyridine rings is 1. The van der Waals surface area contributed by atoms with Gasteiger partial charge in [0.25, 0.3) is 5.91 Å². The highest BCUT2D eigenvalue weighted by atomic mass is 35.5. The van der Waals surface area contributed by atoms with Crippen LogP contribution in [0, 0.1) is 0 Å². The van der Waals surface area contributed by atoms with Crippen molar-refractivity contribution in [1.29, 1.82) is 0 Å². The number of aromatic nitrogens is 1. The average molecular weight is 424 g/mol. The van der Waals surface area contributed by atoms with E-state index in [2.05, 4.69) is 10.3 Å². The van der Waals surface area contributed by atoms with Gasteiger partial charge in [-0.2, -0.15) is 4.31 Å². The maximum atomic E-state index is 12.8. The topological polar surface area (TPSA) is 88.6 Å². The van der Waals surface area contributed by atoms with Crippen LogP contribution in [0.1, 0.15) is 24.8 Å². The van der Waals surface area contributed by atoms with Crippen molar-refractivity contribution >= 4 is 33.3 Å². The van der Waals surface area contributed by atoms with Crippen LogP contribution in [-0.4, -0.2) is 43.3 Å². The molecule has 1 aliphatic rings. The molecule has 1 N–H and O–H groups in total. The fourth-order valence-electron chi connectivity index (χ4n) is 2.95. The zero-order valence-corrected chi connectivity index (χ0v) is 16.9. The number of benzene rings is 1. The zero-order chi connectivity index (χ0) is 20.0. The van der Waals surface area contributed by atoms with Crippen molar-refractivity contribution in [3.05, 3.63) is 53.2 Å². The number of nitrogens with zero attached hydrogens (tertiary/aromatic N) is 2. The third-order valence-electron chi connectivity index (χ3n) is 4.39. The van der Waals surface area contributed by atoms with Crippen LogP contribution < -0.4 is 5.32 Å². The maximum absolute atomic E-state index is 12.8. The van der Waals surface area contributed by atoms with Gasteiger partial charge in [0.2, 0.25) is 10.0 Å². The molecule has 1 aromatic heterocycles. The number of halogens is 1. The van der Waals surface area contributed by atoms with Gasteiger partial charge in [0.15, 0.2) is 0 Å². The molecule has 1 aromatic carbocycles. The molecular weight excluding hydrogens is 402 g/mol. The van der Waals surface area contributed by atoms with Crippen molar-refractivity contribution < 1.29 is 17.9 Å². The number of carbonyl (C=O) groups excluding carboxylic acids is 1. The number of ether oxygens (including phenoxy) is 1. The summed E-state index contributed by atoms with van der Waals surface area (Å²) >= 11 is 6.18. The van der Waals surface area contributed by atoms with Crippen LogP contribution in [0.2, 0.25) is 5.02 Å².